The molecule has 0 unspecified atom stereocenters. The van der Waals surface area contributed by atoms with E-state index < -0.39 is 0 Å². The molecule has 0 N–H and O–H groups in total. The van der Waals surface area contributed by atoms with Gasteiger partial charge in [-0.3, -0.25) is 19.1 Å². The van der Waals surface area contributed by atoms with Gasteiger partial charge in [0.1, 0.15) is 22.9 Å². The van der Waals surface area contributed by atoms with Crippen molar-refractivity contribution in [2.75, 3.05) is 4.90 Å². The Bertz CT molecular complexity index is 1230. The van der Waals surface area contributed by atoms with Gasteiger partial charge >= 0.3 is 0 Å². The van der Waals surface area contributed by atoms with Gasteiger partial charge in [0.05, 0.1) is 11.4 Å². The Hall–Kier alpha value is -2.85. The number of hydrogen-bond acceptors (Lipinski definition) is 6. The van der Waals surface area contributed by atoms with Gasteiger partial charge < -0.3 is 0 Å². The second-order valence-electron chi connectivity index (χ2n) is 6.13. The average molecular weight is 459 g/mol. The average Bonchev–Trinajstić information content (AvgIpc) is 3.22. The minimum Gasteiger partial charge on any atom is -0.289 e. The smallest absolute Gasteiger partial charge is 0.266 e. The van der Waals surface area contributed by atoms with Gasteiger partial charge in [-0.05, 0) is 35.0 Å². The van der Waals surface area contributed by atoms with Crippen molar-refractivity contribution in [3.8, 4) is 0 Å². The second-order valence-corrected chi connectivity index (χ2v) is 7.71. The van der Waals surface area contributed by atoms with Crippen molar-refractivity contribution in [1.82, 2.24) is 24.3 Å². The predicted octanol–water partition coefficient (Wildman–Crippen LogP) is 3.02. The number of para-hydroxylation sites is 1. The number of rotatable bonds is 4. The highest BCUT2D eigenvalue weighted by molar-refractivity contribution is 9.10. The molecule has 0 saturated carbocycles. The van der Waals surface area contributed by atoms with Crippen LogP contribution in [0.1, 0.15) is 5.69 Å². The molecule has 10 heteroatoms. The van der Waals surface area contributed by atoms with E-state index in [1.165, 1.54) is 31.8 Å². The summed E-state index contributed by atoms with van der Waals surface area (Å²) in [7, 11) is 1.71. The predicted molar refractivity (Wildman–Crippen MR) is 111 cm³/mol. The molecule has 1 amide bonds. The Morgan fingerprint density at radius 1 is 1.29 bits per heavy atom. The van der Waals surface area contributed by atoms with E-state index in [0.717, 1.165) is 5.69 Å². The third kappa shape index (κ3) is 3.25. The molecule has 0 fully saturated rings. The third-order valence-corrected chi connectivity index (χ3v) is 5.63. The number of carbonyl (C=O) groups excluding carboxylic acids is 1. The Morgan fingerprint density at radius 3 is 2.71 bits per heavy atom. The zero-order valence-electron chi connectivity index (χ0n) is 15.0. The molecule has 142 valence electrons. The van der Waals surface area contributed by atoms with Gasteiger partial charge in [0, 0.05) is 12.4 Å². The molecular weight excluding hydrogens is 444 g/mol. The topological polar surface area (TPSA) is 85.9 Å². The summed E-state index contributed by atoms with van der Waals surface area (Å²) in [6.07, 6.45) is 1.37. The maximum absolute atomic E-state index is 13.2. The van der Waals surface area contributed by atoms with Crippen LogP contribution >= 0.6 is 27.3 Å². The molecular formula is C18H15BrN6O2S. The first-order valence-electron chi connectivity index (χ1n) is 8.33. The van der Waals surface area contributed by atoms with Crippen molar-refractivity contribution in [1.29, 1.82) is 0 Å². The van der Waals surface area contributed by atoms with E-state index in [9.17, 15) is 9.59 Å². The molecule has 3 heterocycles. The summed E-state index contributed by atoms with van der Waals surface area (Å²) in [4.78, 5) is 36.3. The number of fused-ring (bicyclic) bond motifs is 1. The van der Waals surface area contributed by atoms with Crippen LogP contribution in [-0.4, -0.2) is 30.2 Å². The van der Waals surface area contributed by atoms with Crippen LogP contribution in [0.15, 0.2) is 51.4 Å². The van der Waals surface area contributed by atoms with E-state index in [4.69, 9.17) is 0 Å². The lowest BCUT2D eigenvalue weighted by molar-refractivity contribution is -0.118. The van der Waals surface area contributed by atoms with Crippen LogP contribution in [0.2, 0.25) is 0 Å². The lowest BCUT2D eigenvalue weighted by Gasteiger charge is -2.20. The number of nitrogens with zero attached hydrogens (tertiary/aromatic N) is 6. The van der Waals surface area contributed by atoms with E-state index >= 15 is 0 Å². The molecule has 4 aromatic rings. The molecule has 0 radical (unpaired) electrons. The highest BCUT2D eigenvalue weighted by Crippen LogP contribution is 2.28. The summed E-state index contributed by atoms with van der Waals surface area (Å²) in [6, 6.07) is 9.24. The van der Waals surface area contributed by atoms with E-state index in [0.29, 0.717) is 26.5 Å². The molecule has 0 aliphatic rings. The molecule has 0 aliphatic carbocycles. The van der Waals surface area contributed by atoms with Crippen LogP contribution in [0.25, 0.3) is 11.0 Å². The fourth-order valence-corrected chi connectivity index (χ4v) is 4.27. The minimum atomic E-state index is -0.332. The Morgan fingerprint density at radius 2 is 2.04 bits per heavy atom. The van der Waals surface area contributed by atoms with Crippen molar-refractivity contribution >= 4 is 55.0 Å². The minimum absolute atomic E-state index is 0.170. The van der Waals surface area contributed by atoms with Crippen molar-refractivity contribution < 1.29 is 4.79 Å². The summed E-state index contributed by atoms with van der Waals surface area (Å²) in [5, 5.41) is 6.93. The highest BCUT2D eigenvalue weighted by Gasteiger charge is 2.23. The zero-order chi connectivity index (χ0) is 19.8. The molecule has 0 saturated heterocycles. The van der Waals surface area contributed by atoms with Gasteiger partial charge in [-0.15, -0.1) is 11.3 Å². The summed E-state index contributed by atoms with van der Waals surface area (Å²) in [5.74, 6) is -0.288. The van der Waals surface area contributed by atoms with E-state index in [-0.39, 0.29) is 18.0 Å². The zero-order valence-corrected chi connectivity index (χ0v) is 17.4. The molecule has 0 spiro atoms. The van der Waals surface area contributed by atoms with Gasteiger partial charge in [-0.25, -0.2) is 14.6 Å². The molecule has 4 rings (SSSR count). The lowest BCUT2D eigenvalue weighted by atomic mass is 10.3. The summed E-state index contributed by atoms with van der Waals surface area (Å²) in [6.45, 7) is 1.70. The van der Waals surface area contributed by atoms with E-state index in [1.54, 1.807) is 7.05 Å². The van der Waals surface area contributed by atoms with Crippen molar-refractivity contribution in [2.45, 2.75) is 13.5 Å². The quantitative estimate of drug-likeness (QED) is 0.469. The van der Waals surface area contributed by atoms with Crippen LogP contribution < -0.4 is 10.5 Å². The SMILES string of the molecule is Cc1csc(N(C(=O)Cn2cnc3c(c(Br)nn3C)c2=O)c2ccccc2)n1. The number of amides is 1. The molecule has 3 aromatic heterocycles. The number of carbonyl (C=O) groups is 1. The maximum atomic E-state index is 13.2. The van der Waals surface area contributed by atoms with Crippen LogP contribution in [-0.2, 0) is 18.4 Å². The van der Waals surface area contributed by atoms with Crippen molar-refractivity contribution in [2.24, 2.45) is 7.05 Å². The Kier molecular flexibility index (Phi) is 4.82. The Labute approximate surface area is 172 Å². The number of anilines is 2. The number of aryl methyl sites for hydroxylation is 2. The monoisotopic (exact) mass is 458 g/mol. The molecule has 28 heavy (non-hydrogen) atoms. The largest absolute Gasteiger partial charge is 0.289 e. The summed E-state index contributed by atoms with van der Waals surface area (Å²) in [5.41, 5.74) is 1.64. The first kappa shape index (κ1) is 18.5. The van der Waals surface area contributed by atoms with Crippen LogP contribution in [0, 0.1) is 6.92 Å². The van der Waals surface area contributed by atoms with Gasteiger partial charge in [0.2, 0.25) is 0 Å². The molecule has 0 bridgehead atoms. The molecule has 1 aromatic carbocycles. The third-order valence-electron chi connectivity index (χ3n) is 4.14. The first-order valence-corrected chi connectivity index (χ1v) is 10.0. The van der Waals surface area contributed by atoms with Crippen LogP contribution in [0.5, 0.6) is 0 Å². The number of aromatic nitrogens is 5. The van der Waals surface area contributed by atoms with Crippen LogP contribution in [0.4, 0.5) is 10.8 Å². The lowest BCUT2D eigenvalue weighted by Crippen LogP contribution is -2.33. The summed E-state index contributed by atoms with van der Waals surface area (Å²) < 4.78 is 3.20. The van der Waals surface area contributed by atoms with Crippen LogP contribution in [0.3, 0.4) is 0 Å². The number of hydrogen-bond donors (Lipinski definition) is 0. The second kappa shape index (κ2) is 7.28. The fourth-order valence-electron chi connectivity index (χ4n) is 2.85. The van der Waals surface area contributed by atoms with E-state index in [1.807, 2.05) is 42.6 Å². The van der Waals surface area contributed by atoms with Crippen molar-refractivity contribution in [3.05, 3.63) is 62.7 Å². The van der Waals surface area contributed by atoms with Gasteiger partial charge in [0.15, 0.2) is 10.8 Å². The fraction of sp³-hybridized carbons (Fsp3) is 0.167. The van der Waals surface area contributed by atoms with E-state index in [2.05, 4.69) is 31.0 Å². The first-order chi connectivity index (χ1) is 13.5. The number of halogens is 1. The van der Waals surface area contributed by atoms with Gasteiger partial charge in [-0.2, -0.15) is 5.10 Å². The van der Waals surface area contributed by atoms with Gasteiger partial charge in [0.25, 0.3) is 11.5 Å². The normalized spacial score (nSPS) is 11.1. The molecule has 0 aliphatic heterocycles. The molecule has 0 atom stereocenters. The standard InChI is InChI=1S/C18H15BrN6O2S/c1-11-9-28-18(21-11)25(12-6-4-3-5-7-12)13(26)8-24-10-20-16-14(17(24)27)15(19)22-23(16)2/h3-7,9-10H,8H2,1-2H3. The maximum Gasteiger partial charge on any atom is 0.266 e. The highest BCUT2D eigenvalue weighted by atomic mass is 79.9. The van der Waals surface area contributed by atoms with Gasteiger partial charge in [-0.1, -0.05) is 18.2 Å². The number of thiazole rings is 1. The molecule has 8 nitrogen and oxygen atoms in total. The summed E-state index contributed by atoms with van der Waals surface area (Å²) >= 11 is 4.66. The Balaban J connectivity index is 1.75. The number of benzene rings is 1. The van der Waals surface area contributed by atoms with Crippen molar-refractivity contribution in [3.63, 3.8) is 0 Å².